The van der Waals surface area contributed by atoms with E-state index in [2.05, 4.69) is 6.08 Å². The van der Waals surface area contributed by atoms with E-state index in [1.54, 1.807) is 31.9 Å². The Morgan fingerprint density at radius 3 is 2.32 bits per heavy atom. The maximum absolute atomic E-state index is 13.3. The molecule has 1 aliphatic carbocycles. The molecule has 31 heavy (non-hydrogen) atoms. The Labute approximate surface area is 179 Å². The van der Waals surface area contributed by atoms with Gasteiger partial charge in [-0.15, -0.1) is 0 Å². The van der Waals surface area contributed by atoms with Crippen LogP contribution in [0.4, 0.5) is 0 Å². The molecule has 7 heteroatoms. The van der Waals surface area contributed by atoms with Gasteiger partial charge in [0.1, 0.15) is 0 Å². The minimum atomic E-state index is -0.0958. The lowest BCUT2D eigenvalue weighted by Gasteiger charge is -2.15. The lowest BCUT2D eigenvalue weighted by Crippen LogP contribution is -2.19. The first-order valence-corrected chi connectivity index (χ1v) is 10.2. The number of nitrogens with two attached hydrogens (primary N) is 1. The summed E-state index contributed by atoms with van der Waals surface area (Å²) in [5.41, 5.74) is 10.5. The molecule has 0 spiro atoms. The second kappa shape index (κ2) is 7.35. The van der Waals surface area contributed by atoms with Crippen molar-refractivity contribution >= 4 is 16.3 Å². The zero-order valence-corrected chi connectivity index (χ0v) is 17.8. The SMILES string of the molecule is COc1cc2c3c(n(C)c(=O)c2cc1OC)-c1cc2c(cc1/C3=C\CCCN)OCO2. The molecule has 5 rings (SSSR count). The first kappa shape index (κ1) is 19.5. The maximum atomic E-state index is 13.3. The lowest BCUT2D eigenvalue weighted by molar-refractivity contribution is 0.174. The lowest BCUT2D eigenvalue weighted by atomic mass is 9.97. The smallest absolute Gasteiger partial charge is 0.258 e. The van der Waals surface area contributed by atoms with Crippen molar-refractivity contribution < 1.29 is 18.9 Å². The monoisotopic (exact) mass is 420 g/mol. The van der Waals surface area contributed by atoms with Crippen molar-refractivity contribution in [1.29, 1.82) is 0 Å². The summed E-state index contributed by atoms with van der Waals surface area (Å²) in [7, 11) is 4.96. The van der Waals surface area contributed by atoms with Crippen LogP contribution >= 0.6 is 0 Å². The summed E-state index contributed by atoms with van der Waals surface area (Å²) in [6, 6.07) is 7.61. The zero-order chi connectivity index (χ0) is 21.7. The number of aromatic nitrogens is 1. The van der Waals surface area contributed by atoms with Gasteiger partial charge in [-0.1, -0.05) is 6.08 Å². The number of methoxy groups -OCH3 is 2. The van der Waals surface area contributed by atoms with Gasteiger partial charge in [0.25, 0.3) is 5.56 Å². The Kier molecular flexibility index (Phi) is 4.63. The van der Waals surface area contributed by atoms with Crippen LogP contribution in [0.15, 0.2) is 35.1 Å². The van der Waals surface area contributed by atoms with Crippen molar-refractivity contribution in [2.75, 3.05) is 27.6 Å². The number of hydrogen-bond donors (Lipinski definition) is 1. The van der Waals surface area contributed by atoms with E-state index in [0.29, 0.717) is 34.9 Å². The molecule has 2 aromatic carbocycles. The highest BCUT2D eigenvalue weighted by atomic mass is 16.7. The summed E-state index contributed by atoms with van der Waals surface area (Å²) >= 11 is 0. The van der Waals surface area contributed by atoms with E-state index in [0.717, 1.165) is 46.2 Å². The van der Waals surface area contributed by atoms with E-state index in [9.17, 15) is 4.79 Å². The summed E-state index contributed by atoms with van der Waals surface area (Å²) < 4.78 is 23.9. The van der Waals surface area contributed by atoms with Gasteiger partial charge in [-0.2, -0.15) is 0 Å². The molecular weight excluding hydrogens is 396 g/mol. The van der Waals surface area contributed by atoms with Crippen LogP contribution in [0.5, 0.6) is 23.0 Å². The van der Waals surface area contributed by atoms with E-state index < -0.39 is 0 Å². The first-order chi connectivity index (χ1) is 15.1. The average molecular weight is 420 g/mol. The molecule has 2 aliphatic rings. The number of rotatable bonds is 5. The predicted octanol–water partition coefficient (Wildman–Crippen LogP) is 3.44. The molecular formula is C24H24N2O5. The fourth-order valence-electron chi connectivity index (χ4n) is 4.50. The molecule has 0 saturated carbocycles. The number of pyridine rings is 1. The van der Waals surface area contributed by atoms with Gasteiger partial charge in [0.15, 0.2) is 23.0 Å². The molecule has 0 fully saturated rings. The fourth-order valence-corrected chi connectivity index (χ4v) is 4.50. The topological polar surface area (TPSA) is 84.9 Å². The molecule has 7 nitrogen and oxygen atoms in total. The predicted molar refractivity (Wildman–Crippen MR) is 119 cm³/mol. The van der Waals surface area contributed by atoms with Crippen molar-refractivity contribution in [3.05, 3.63) is 51.8 Å². The quantitative estimate of drug-likeness (QED) is 0.498. The zero-order valence-electron chi connectivity index (χ0n) is 17.8. The van der Waals surface area contributed by atoms with E-state index in [4.69, 9.17) is 24.7 Å². The Balaban J connectivity index is 1.89. The molecule has 0 unspecified atom stereocenters. The second-order valence-electron chi connectivity index (χ2n) is 7.64. The summed E-state index contributed by atoms with van der Waals surface area (Å²) in [5.74, 6) is 2.51. The van der Waals surface area contributed by atoms with Gasteiger partial charge in [-0.25, -0.2) is 0 Å². The number of benzene rings is 2. The van der Waals surface area contributed by atoms with E-state index in [-0.39, 0.29) is 12.4 Å². The number of fused-ring (bicyclic) bond motifs is 6. The van der Waals surface area contributed by atoms with Crippen LogP contribution in [0.3, 0.4) is 0 Å². The average Bonchev–Trinajstić information content (AvgIpc) is 3.37. The third kappa shape index (κ3) is 2.80. The van der Waals surface area contributed by atoms with Crippen molar-refractivity contribution in [1.82, 2.24) is 4.57 Å². The van der Waals surface area contributed by atoms with Gasteiger partial charge >= 0.3 is 0 Å². The summed E-state index contributed by atoms with van der Waals surface area (Å²) in [5, 5.41) is 1.41. The largest absolute Gasteiger partial charge is 0.493 e. The van der Waals surface area contributed by atoms with Crippen molar-refractivity contribution in [2.45, 2.75) is 12.8 Å². The summed E-state index contributed by atoms with van der Waals surface area (Å²) in [6.07, 6.45) is 3.90. The summed E-state index contributed by atoms with van der Waals surface area (Å²) in [6.45, 7) is 0.814. The van der Waals surface area contributed by atoms with E-state index in [1.165, 1.54) is 0 Å². The highest BCUT2D eigenvalue weighted by Gasteiger charge is 2.32. The van der Waals surface area contributed by atoms with Crippen LogP contribution in [0.25, 0.3) is 27.6 Å². The van der Waals surface area contributed by atoms with Gasteiger partial charge in [0, 0.05) is 23.6 Å². The Morgan fingerprint density at radius 1 is 1.03 bits per heavy atom. The molecule has 1 aliphatic heterocycles. The number of allylic oxidation sites excluding steroid dienone is 1. The van der Waals surface area contributed by atoms with Gasteiger partial charge in [-0.05, 0) is 54.8 Å². The molecule has 0 radical (unpaired) electrons. The molecule has 0 bridgehead atoms. The van der Waals surface area contributed by atoms with Crippen LogP contribution in [0.1, 0.15) is 24.0 Å². The highest BCUT2D eigenvalue weighted by Crippen LogP contribution is 2.51. The third-order valence-electron chi connectivity index (χ3n) is 5.98. The van der Waals surface area contributed by atoms with Gasteiger partial charge in [-0.3, -0.25) is 4.79 Å². The Bertz CT molecular complexity index is 1310. The molecule has 2 N–H and O–H groups in total. The van der Waals surface area contributed by atoms with Gasteiger partial charge in [0.2, 0.25) is 6.79 Å². The van der Waals surface area contributed by atoms with Crippen LogP contribution in [0, 0.1) is 0 Å². The molecule has 0 saturated heterocycles. The van der Waals surface area contributed by atoms with E-state index >= 15 is 0 Å². The second-order valence-corrected chi connectivity index (χ2v) is 7.64. The molecule has 2 heterocycles. The maximum Gasteiger partial charge on any atom is 0.258 e. The number of unbranched alkanes of at least 4 members (excludes halogenated alkanes) is 1. The Morgan fingerprint density at radius 2 is 1.68 bits per heavy atom. The van der Waals surface area contributed by atoms with Crippen LogP contribution in [-0.4, -0.2) is 32.1 Å². The van der Waals surface area contributed by atoms with Gasteiger partial charge in [0.05, 0.1) is 25.3 Å². The van der Waals surface area contributed by atoms with Crippen molar-refractivity contribution in [3.63, 3.8) is 0 Å². The fraction of sp³-hybridized carbons (Fsp3) is 0.292. The first-order valence-electron chi connectivity index (χ1n) is 10.2. The molecule has 0 amide bonds. The number of ether oxygens (including phenoxy) is 4. The molecule has 0 atom stereocenters. The molecule has 3 aromatic rings. The summed E-state index contributed by atoms with van der Waals surface area (Å²) in [4.78, 5) is 13.3. The third-order valence-corrected chi connectivity index (χ3v) is 5.98. The standard InChI is InChI=1S/C24H24N2O5/c1-26-23-16-10-21-20(30-12-31-21)8-14(16)13(6-4-5-7-25)22(23)15-9-18(28-2)19(29-3)11-17(15)24(26)27/h6,8-11H,4-5,7,12,25H2,1-3H3/b13-6+. The van der Waals surface area contributed by atoms with Crippen LogP contribution in [0.2, 0.25) is 0 Å². The number of hydrogen-bond acceptors (Lipinski definition) is 6. The van der Waals surface area contributed by atoms with E-state index in [1.807, 2.05) is 18.2 Å². The van der Waals surface area contributed by atoms with Crippen molar-refractivity contribution in [3.8, 4) is 34.3 Å². The minimum absolute atomic E-state index is 0.0958. The van der Waals surface area contributed by atoms with Crippen LogP contribution in [-0.2, 0) is 7.05 Å². The normalized spacial score (nSPS) is 14.8. The highest BCUT2D eigenvalue weighted by molar-refractivity contribution is 6.10. The Hall–Kier alpha value is -3.45. The molecule has 160 valence electrons. The van der Waals surface area contributed by atoms with Gasteiger partial charge < -0.3 is 29.2 Å². The minimum Gasteiger partial charge on any atom is -0.493 e. The van der Waals surface area contributed by atoms with Crippen molar-refractivity contribution in [2.24, 2.45) is 12.8 Å². The van der Waals surface area contributed by atoms with Crippen LogP contribution < -0.4 is 30.2 Å². The number of nitrogens with zero attached hydrogens (tertiary/aromatic N) is 1. The molecule has 1 aromatic heterocycles.